The van der Waals surface area contributed by atoms with E-state index in [-0.39, 0.29) is 36.6 Å². The van der Waals surface area contributed by atoms with E-state index in [0.29, 0.717) is 6.54 Å². The number of rotatable bonds is 8. The third-order valence-electron chi connectivity index (χ3n) is 6.39. The number of carbonyl (C=O) groups excluding carboxylic acids is 4. The highest BCUT2D eigenvalue weighted by atomic mass is 16.2. The molecule has 8 heteroatoms. The van der Waals surface area contributed by atoms with E-state index in [1.807, 2.05) is 44.2 Å². The number of carbonyl (C=O) groups is 4. The molecule has 3 rings (SSSR count). The van der Waals surface area contributed by atoms with Crippen molar-refractivity contribution in [3.8, 4) is 0 Å². The van der Waals surface area contributed by atoms with Crippen LogP contribution in [0.5, 0.6) is 0 Å². The smallest absolute Gasteiger partial charge is 0.242 e. The third-order valence-corrected chi connectivity index (χ3v) is 6.39. The van der Waals surface area contributed by atoms with Crippen LogP contribution in [0.2, 0.25) is 0 Å². The van der Waals surface area contributed by atoms with Crippen molar-refractivity contribution >= 4 is 29.3 Å². The number of fused-ring (bicyclic) bond motifs is 2. The average molecular weight is 493 g/mol. The van der Waals surface area contributed by atoms with Gasteiger partial charge in [0.15, 0.2) is 0 Å². The Labute approximate surface area is 212 Å². The van der Waals surface area contributed by atoms with Crippen LogP contribution >= 0.6 is 0 Å². The molecule has 4 amide bonds. The molecular formula is C28H36N4O4. The first-order valence-electron chi connectivity index (χ1n) is 12.5. The lowest BCUT2D eigenvalue weighted by Crippen LogP contribution is -2.54. The zero-order valence-electron chi connectivity index (χ0n) is 21.5. The van der Waals surface area contributed by atoms with Crippen LogP contribution < -0.4 is 20.9 Å². The summed E-state index contributed by atoms with van der Waals surface area (Å²) in [6, 6.07) is 14.6. The molecule has 0 fully saturated rings. The van der Waals surface area contributed by atoms with Gasteiger partial charge in [0.1, 0.15) is 12.1 Å². The predicted octanol–water partition coefficient (Wildman–Crippen LogP) is 2.49. The van der Waals surface area contributed by atoms with Crippen molar-refractivity contribution in [1.29, 1.82) is 0 Å². The number of para-hydroxylation sites is 1. The fourth-order valence-electron chi connectivity index (χ4n) is 4.41. The average Bonchev–Trinajstić information content (AvgIpc) is 2.83. The third kappa shape index (κ3) is 6.93. The molecule has 1 heterocycles. The van der Waals surface area contributed by atoms with E-state index in [2.05, 4.69) is 34.1 Å². The highest BCUT2D eigenvalue weighted by Gasteiger charge is 2.27. The van der Waals surface area contributed by atoms with E-state index >= 15 is 0 Å². The van der Waals surface area contributed by atoms with Crippen LogP contribution in [0.15, 0.2) is 48.5 Å². The van der Waals surface area contributed by atoms with Crippen LogP contribution in [0.25, 0.3) is 0 Å². The maximum absolute atomic E-state index is 13.4. The fourth-order valence-corrected chi connectivity index (χ4v) is 4.41. The Balaban J connectivity index is 1.65. The van der Waals surface area contributed by atoms with Gasteiger partial charge in [-0.25, -0.2) is 0 Å². The lowest BCUT2D eigenvalue weighted by molar-refractivity contribution is -0.132. The van der Waals surface area contributed by atoms with Crippen LogP contribution in [0.4, 0.5) is 5.69 Å². The van der Waals surface area contributed by atoms with Gasteiger partial charge in [0, 0.05) is 25.6 Å². The van der Waals surface area contributed by atoms with Crippen molar-refractivity contribution < 1.29 is 19.2 Å². The number of anilines is 1. The molecule has 3 N–H and O–H groups in total. The van der Waals surface area contributed by atoms with Gasteiger partial charge in [0.05, 0.1) is 6.54 Å². The number of hydrogen-bond acceptors (Lipinski definition) is 4. The first-order chi connectivity index (χ1) is 17.2. The summed E-state index contributed by atoms with van der Waals surface area (Å²) < 4.78 is 0. The first kappa shape index (κ1) is 26.9. The normalized spacial score (nSPS) is 14.4. The lowest BCUT2D eigenvalue weighted by Gasteiger charge is -2.29. The second kappa shape index (κ2) is 12.3. The van der Waals surface area contributed by atoms with Gasteiger partial charge in [0.2, 0.25) is 23.6 Å². The summed E-state index contributed by atoms with van der Waals surface area (Å²) in [6.07, 6.45) is 1.90. The molecule has 2 aromatic rings. The van der Waals surface area contributed by atoms with E-state index < -0.39 is 18.0 Å². The summed E-state index contributed by atoms with van der Waals surface area (Å²) in [4.78, 5) is 51.6. The Bertz CT molecular complexity index is 1110. The summed E-state index contributed by atoms with van der Waals surface area (Å²) in [5.74, 6) is -1.38. The topological polar surface area (TPSA) is 108 Å². The number of nitrogens with one attached hydrogen (secondary N) is 3. The van der Waals surface area contributed by atoms with Gasteiger partial charge in [-0.15, -0.1) is 0 Å². The summed E-state index contributed by atoms with van der Waals surface area (Å²) in [7, 11) is 0. The highest BCUT2D eigenvalue weighted by Crippen LogP contribution is 2.28. The Morgan fingerprint density at radius 3 is 2.11 bits per heavy atom. The zero-order valence-corrected chi connectivity index (χ0v) is 21.5. The van der Waals surface area contributed by atoms with E-state index in [4.69, 9.17) is 0 Å². The van der Waals surface area contributed by atoms with Gasteiger partial charge in [-0.05, 0) is 48.4 Å². The Morgan fingerprint density at radius 2 is 1.44 bits per heavy atom. The van der Waals surface area contributed by atoms with Gasteiger partial charge in [-0.3, -0.25) is 19.2 Å². The number of nitrogens with zero attached hydrogens (tertiary/aromatic N) is 1. The number of aryl methyl sites for hydroxylation is 2. The van der Waals surface area contributed by atoms with Crippen molar-refractivity contribution in [2.24, 2.45) is 5.92 Å². The van der Waals surface area contributed by atoms with E-state index in [9.17, 15) is 19.2 Å². The molecule has 0 radical (unpaired) electrons. The van der Waals surface area contributed by atoms with Crippen LogP contribution in [0, 0.1) is 5.92 Å². The van der Waals surface area contributed by atoms with E-state index in [1.165, 1.54) is 12.5 Å². The Morgan fingerprint density at radius 1 is 0.833 bits per heavy atom. The maximum Gasteiger partial charge on any atom is 0.242 e. The van der Waals surface area contributed by atoms with Gasteiger partial charge >= 0.3 is 0 Å². The number of benzene rings is 2. The summed E-state index contributed by atoms with van der Waals surface area (Å²) >= 11 is 0. The van der Waals surface area contributed by atoms with Crippen molar-refractivity contribution in [2.45, 2.75) is 65.6 Å². The lowest BCUT2D eigenvalue weighted by atomic mass is 9.95. The van der Waals surface area contributed by atoms with Gasteiger partial charge < -0.3 is 20.9 Å². The summed E-state index contributed by atoms with van der Waals surface area (Å²) in [5.41, 5.74) is 4.39. The minimum atomic E-state index is -0.780. The largest absolute Gasteiger partial charge is 0.354 e. The molecule has 0 aromatic heterocycles. The second-order valence-electron chi connectivity index (χ2n) is 9.57. The molecule has 0 saturated carbocycles. The molecule has 0 aliphatic carbocycles. The predicted molar refractivity (Wildman–Crippen MR) is 139 cm³/mol. The quantitative estimate of drug-likeness (QED) is 0.526. The Kier molecular flexibility index (Phi) is 9.22. The number of amides is 4. The summed E-state index contributed by atoms with van der Waals surface area (Å²) in [5, 5.41) is 8.01. The highest BCUT2D eigenvalue weighted by molar-refractivity contribution is 5.95. The van der Waals surface area contributed by atoms with Crippen molar-refractivity contribution in [1.82, 2.24) is 16.0 Å². The van der Waals surface area contributed by atoms with Gasteiger partial charge in [0.25, 0.3) is 0 Å². The molecule has 1 aliphatic rings. The molecular weight excluding hydrogens is 456 g/mol. The molecule has 1 aliphatic heterocycles. The molecule has 0 saturated heterocycles. The standard InChI is InChI=1S/C28H36N4O4/c1-18(2)26(31-27(35)19(3)30-20(4)33)28(36)29-16-15-25(34)32-17-23-11-6-5-9-21(23)13-14-22-10-7-8-12-24(22)32/h5-12,18-19,26H,13-17H2,1-4H3,(H,29,36)(H,30,33)(H,31,35)/t19-,26-/m1/s1. The molecule has 2 atom stereocenters. The number of hydrogen-bond donors (Lipinski definition) is 3. The van der Waals surface area contributed by atoms with Crippen LogP contribution in [0.1, 0.15) is 50.8 Å². The summed E-state index contributed by atoms with van der Waals surface area (Å²) in [6.45, 7) is 7.17. The van der Waals surface area contributed by atoms with Crippen molar-refractivity contribution in [3.05, 3.63) is 65.2 Å². The molecule has 192 valence electrons. The van der Waals surface area contributed by atoms with Gasteiger partial charge in [-0.2, -0.15) is 0 Å². The molecule has 0 spiro atoms. The SMILES string of the molecule is CC(=O)N[C@H](C)C(=O)N[C@@H](C(=O)NCCC(=O)N1Cc2ccccc2CCc2ccccc21)C(C)C. The minimum absolute atomic E-state index is 0.0798. The molecule has 2 aromatic carbocycles. The molecule has 8 nitrogen and oxygen atoms in total. The fraction of sp³-hybridized carbons (Fsp3) is 0.429. The minimum Gasteiger partial charge on any atom is -0.354 e. The van der Waals surface area contributed by atoms with Crippen molar-refractivity contribution in [2.75, 3.05) is 11.4 Å². The van der Waals surface area contributed by atoms with Crippen LogP contribution in [-0.2, 0) is 38.6 Å². The van der Waals surface area contributed by atoms with Gasteiger partial charge in [-0.1, -0.05) is 56.3 Å². The van der Waals surface area contributed by atoms with E-state index in [0.717, 1.165) is 29.7 Å². The maximum atomic E-state index is 13.4. The molecule has 36 heavy (non-hydrogen) atoms. The molecule has 0 bridgehead atoms. The Hall–Kier alpha value is -3.68. The first-order valence-corrected chi connectivity index (χ1v) is 12.5. The van der Waals surface area contributed by atoms with E-state index in [1.54, 1.807) is 11.8 Å². The van der Waals surface area contributed by atoms with Crippen LogP contribution in [0.3, 0.4) is 0 Å². The molecule has 0 unspecified atom stereocenters. The second-order valence-corrected chi connectivity index (χ2v) is 9.57. The van der Waals surface area contributed by atoms with Crippen LogP contribution in [-0.4, -0.2) is 42.3 Å². The van der Waals surface area contributed by atoms with Crippen molar-refractivity contribution in [3.63, 3.8) is 0 Å². The zero-order chi connectivity index (χ0) is 26.2. The monoisotopic (exact) mass is 492 g/mol.